The summed E-state index contributed by atoms with van der Waals surface area (Å²) in [5, 5.41) is 0. The molecular formula is C17H18BrN3O2. The summed E-state index contributed by atoms with van der Waals surface area (Å²) in [7, 11) is 0. The second-order valence-electron chi connectivity index (χ2n) is 5.79. The fraction of sp³-hybridized carbons (Fsp3) is 0.294. The van der Waals surface area contributed by atoms with Crippen molar-refractivity contribution < 1.29 is 9.59 Å². The number of hydrogen-bond donors (Lipinski definition) is 3. The summed E-state index contributed by atoms with van der Waals surface area (Å²) >= 11 is 3.42. The van der Waals surface area contributed by atoms with E-state index in [-0.39, 0.29) is 11.8 Å². The number of hydrazine groups is 1. The molecule has 0 bridgehead atoms. The highest BCUT2D eigenvalue weighted by molar-refractivity contribution is 9.10. The van der Waals surface area contributed by atoms with Gasteiger partial charge in [-0.3, -0.25) is 20.4 Å². The Morgan fingerprint density at radius 3 is 2.35 bits per heavy atom. The molecule has 1 heterocycles. The van der Waals surface area contributed by atoms with Gasteiger partial charge in [-0.2, -0.15) is 0 Å². The number of H-pyrrole nitrogens is 1. The lowest BCUT2D eigenvalue weighted by atomic mass is 9.78. The molecule has 2 aromatic rings. The molecule has 2 amide bonds. The molecule has 0 saturated heterocycles. The van der Waals surface area contributed by atoms with Crippen molar-refractivity contribution in [2.45, 2.75) is 31.1 Å². The molecule has 0 atom stereocenters. The summed E-state index contributed by atoms with van der Waals surface area (Å²) in [4.78, 5) is 27.5. The van der Waals surface area contributed by atoms with Gasteiger partial charge >= 0.3 is 0 Å². The van der Waals surface area contributed by atoms with Gasteiger partial charge in [0.15, 0.2) is 0 Å². The largest absolute Gasteiger partial charge is 0.357 e. The van der Waals surface area contributed by atoms with E-state index in [1.165, 1.54) is 0 Å². The van der Waals surface area contributed by atoms with Gasteiger partial charge in [-0.25, -0.2) is 0 Å². The fourth-order valence-electron chi connectivity index (χ4n) is 3.17. The third-order valence-corrected chi connectivity index (χ3v) is 4.95. The molecular weight excluding hydrogens is 358 g/mol. The van der Waals surface area contributed by atoms with Crippen molar-refractivity contribution in [1.82, 2.24) is 15.8 Å². The number of carbonyl (C=O) groups is 2. The molecule has 120 valence electrons. The number of benzene rings is 1. The van der Waals surface area contributed by atoms with Crippen LogP contribution in [0.5, 0.6) is 0 Å². The Kier molecular flexibility index (Phi) is 4.52. The first-order chi connectivity index (χ1) is 11.1. The first-order valence-electron chi connectivity index (χ1n) is 7.62. The van der Waals surface area contributed by atoms with Crippen LogP contribution in [0.25, 0.3) is 0 Å². The van der Waals surface area contributed by atoms with Crippen molar-refractivity contribution in [2.24, 2.45) is 0 Å². The number of hydrogen-bond acceptors (Lipinski definition) is 2. The standard InChI is InChI=1S/C17H18BrN3O2/c18-13-7-5-12(6-8-13)17(9-1-2-10-17)16(23)21-20-15(22)14-4-3-11-19-14/h3-8,11,19H,1-2,9-10H2,(H,20,22)(H,21,23). The van der Waals surface area contributed by atoms with E-state index in [9.17, 15) is 9.59 Å². The van der Waals surface area contributed by atoms with Gasteiger partial charge in [-0.15, -0.1) is 0 Å². The number of carbonyl (C=O) groups excluding carboxylic acids is 2. The monoisotopic (exact) mass is 375 g/mol. The van der Waals surface area contributed by atoms with Crippen molar-refractivity contribution in [3.8, 4) is 0 Å². The molecule has 1 saturated carbocycles. The molecule has 3 N–H and O–H groups in total. The minimum absolute atomic E-state index is 0.155. The van der Waals surface area contributed by atoms with Gasteiger partial charge in [0, 0.05) is 10.7 Å². The van der Waals surface area contributed by atoms with E-state index in [1.807, 2.05) is 24.3 Å². The number of nitrogens with one attached hydrogen (secondary N) is 3. The van der Waals surface area contributed by atoms with Gasteiger partial charge in [0.2, 0.25) is 5.91 Å². The zero-order valence-corrected chi connectivity index (χ0v) is 14.2. The molecule has 0 aliphatic heterocycles. The summed E-state index contributed by atoms with van der Waals surface area (Å²) in [6, 6.07) is 11.2. The molecule has 6 heteroatoms. The quantitative estimate of drug-likeness (QED) is 0.721. The maximum absolute atomic E-state index is 12.8. The van der Waals surface area contributed by atoms with Gasteiger partial charge in [-0.05, 0) is 42.7 Å². The van der Waals surface area contributed by atoms with Crippen LogP contribution in [0.4, 0.5) is 0 Å². The molecule has 1 aliphatic carbocycles. The molecule has 23 heavy (non-hydrogen) atoms. The minimum atomic E-state index is -0.566. The predicted octanol–water partition coefficient (Wildman–Crippen LogP) is 3.05. The highest BCUT2D eigenvalue weighted by Crippen LogP contribution is 2.41. The lowest BCUT2D eigenvalue weighted by molar-refractivity contribution is -0.127. The Morgan fingerprint density at radius 2 is 1.74 bits per heavy atom. The lowest BCUT2D eigenvalue weighted by Gasteiger charge is -2.28. The number of halogens is 1. The topological polar surface area (TPSA) is 74.0 Å². The Hall–Kier alpha value is -2.08. The van der Waals surface area contributed by atoms with E-state index in [4.69, 9.17) is 0 Å². The molecule has 3 rings (SSSR count). The number of aromatic nitrogens is 1. The third-order valence-electron chi connectivity index (χ3n) is 4.42. The minimum Gasteiger partial charge on any atom is -0.357 e. The van der Waals surface area contributed by atoms with Gasteiger partial charge in [0.05, 0.1) is 5.41 Å². The summed E-state index contributed by atoms with van der Waals surface area (Å²) in [5.41, 5.74) is 5.92. The van der Waals surface area contributed by atoms with Crippen LogP contribution in [-0.2, 0) is 10.2 Å². The zero-order chi connectivity index (χ0) is 16.3. The molecule has 5 nitrogen and oxygen atoms in total. The van der Waals surface area contributed by atoms with Crippen molar-refractivity contribution in [3.63, 3.8) is 0 Å². The summed E-state index contributed by atoms with van der Waals surface area (Å²) in [6.45, 7) is 0. The maximum atomic E-state index is 12.8. The van der Waals surface area contributed by atoms with E-state index in [0.29, 0.717) is 5.69 Å². The number of aromatic amines is 1. The normalized spacial score (nSPS) is 16.0. The summed E-state index contributed by atoms with van der Waals surface area (Å²) in [6.07, 6.45) is 5.26. The van der Waals surface area contributed by atoms with Crippen LogP contribution in [0.2, 0.25) is 0 Å². The molecule has 0 unspecified atom stereocenters. The summed E-state index contributed by atoms with van der Waals surface area (Å²) < 4.78 is 0.981. The first-order valence-corrected chi connectivity index (χ1v) is 8.41. The van der Waals surface area contributed by atoms with Crippen LogP contribution in [-0.4, -0.2) is 16.8 Å². The van der Waals surface area contributed by atoms with Gasteiger partial charge in [0.25, 0.3) is 5.91 Å². The average molecular weight is 376 g/mol. The van der Waals surface area contributed by atoms with Gasteiger partial charge in [0.1, 0.15) is 5.69 Å². The maximum Gasteiger partial charge on any atom is 0.286 e. The number of amides is 2. The Labute approximate surface area is 143 Å². The summed E-state index contributed by atoms with van der Waals surface area (Å²) in [5.74, 6) is -0.510. The first kappa shape index (κ1) is 15.8. The molecule has 0 radical (unpaired) electrons. The fourth-order valence-corrected chi connectivity index (χ4v) is 3.43. The molecule has 1 aliphatic rings. The third kappa shape index (κ3) is 3.17. The van der Waals surface area contributed by atoms with E-state index >= 15 is 0 Å². The Balaban J connectivity index is 1.74. The molecule has 1 aromatic carbocycles. The van der Waals surface area contributed by atoms with E-state index in [2.05, 4.69) is 31.8 Å². The van der Waals surface area contributed by atoms with Crippen molar-refractivity contribution in [1.29, 1.82) is 0 Å². The van der Waals surface area contributed by atoms with Crippen LogP contribution in [0.15, 0.2) is 47.1 Å². The van der Waals surface area contributed by atoms with Gasteiger partial charge < -0.3 is 4.98 Å². The highest BCUT2D eigenvalue weighted by Gasteiger charge is 2.42. The van der Waals surface area contributed by atoms with E-state index in [1.54, 1.807) is 18.3 Å². The molecule has 1 aromatic heterocycles. The van der Waals surface area contributed by atoms with Crippen molar-refractivity contribution >= 4 is 27.7 Å². The molecule has 1 fully saturated rings. The SMILES string of the molecule is O=C(NNC(=O)C1(c2ccc(Br)cc2)CCCC1)c1ccc[nH]1. The van der Waals surface area contributed by atoms with Gasteiger partial charge in [-0.1, -0.05) is 40.9 Å². The van der Waals surface area contributed by atoms with E-state index < -0.39 is 5.41 Å². The lowest BCUT2D eigenvalue weighted by Crippen LogP contribution is -2.50. The van der Waals surface area contributed by atoms with Crippen LogP contribution < -0.4 is 10.9 Å². The van der Waals surface area contributed by atoms with Crippen LogP contribution >= 0.6 is 15.9 Å². The van der Waals surface area contributed by atoms with Crippen molar-refractivity contribution in [2.75, 3.05) is 0 Å². The second-order valence-corrected chi connectivity index (χ2v) is 6.70. The average Bonchev–Trinajstić information content (AvgIpc) is 3.25. The Bertz CT molecular complexity index is 689. The van der Waals surface area contributed by atoms with Crippen LogP contribution in [0.3, 0.4) is 0 Å². The molecule has 0 spiro atoms. The zero-order valence-electron chi connectivity index (χ0n) is 12.6. The predicted molar refractivity (Wildman–Crippen MR) is 90.7 cm³/mol. The van der Waals surface area contributed by atoms with Crippen LogP contribution in [0.1, 0.15) is 41.7 Å². The second kappa shape index (κ2) is 6.58. The number of rotatable bonds is 3. The van der Waals surface area contributed by atoms with Crippen LogP contribution in [0, 0.1) is 0 Å². The van der Waals surface area contributed by atoms with Crippen molar-refractivity contribution in [3.05, 3.63) is 58.3 Å². The Morgan fingerprint density at radius 1 is 1.04 bits per heavy atom. The highest BCUT2D eigenvalue weighted by atomic mass is 79.9. The smallest absolute Gasteiger partial charge is 0.286 e. The van der Waals surface area contributed by atoms with E-state index in [0.717, 1.165) is 35.7 Å².